The van der Waals surface area contributed by atoms with Crippen molar-refractivity contribution in [3.63, 3.8) is 0 Å². The van der Waals surface area contributed by atoms with Gasteiger partial charge in [-0.05, 0) is 12.5 Å². The Bertz CT molecular complexity index is 394. The van der Waals surface area contributed by atoms with E-state index in [1.54, 1.807) is 18.2 Å². The van der Waals surface area contributed by atoms with Crippen molar-refractivity contribution in [3.05, 3.63) is 23.8 Å². The summed E-state index contributed by atoms with van der Waals surface area (Å²) in [5.74, 6) is 1.03. The minimum Gasteiger partial charge on any atom is -0.493 e. The maximum absolute atomic E-state index is 12.1. The molecule has 0 aliphatic rings. The van der Waals surface area contributed by atoms with Gasteiger partial charge >= 0.3 is 6.18 Å². The van der Waals surface area contributed by atoms with Crippen molar-refractivity contribution in [3.8, 4) is 11.5 Å². The topological polar surface area (TPSA) is 18.5 Å². The molecule has 0 unspecified atom stereocenters. The highest BCUT2D eigenvalue weighted by molar-refractivity contribution is 9.08. The number of ether oxygens (including phenoxy) is 2. The van der Waals surface area contributed by atoms with Crippen molar-refractivity contribution < 1.29 is 22.6 Å². The first-order valence-electron chi connectivity index (χ1n) is 5.97. The van der Waals surface area contributed by atoms with Crippen LogP contribution in [0.1, 0.15) is 25.3 Å². The first-order chi connectivity index (χ1) is 8.96. The van der Waals surface area contributed by atoms with Crippen LogP contribution in [0.5, 0.6) is 11.5 Å². The van der Waals surface area contributed by atoms with Gasteiger partial charge in [0.15, 0.2) is 0 Å². The van der Waals surface area contributed by atoms with Crippen molar-refractivity contribution in [1.82, 2.24) is 0 Å². The van der Waals surface area contributed by atoms with Crippen molar-refractivity contribution in [2.75, 3.05) is 13.2 Å². The zero-order valence-electron chi connectivity index (χ0n) is 10.6. The largest absolute Gasteiger partial charge is 0.493 e. The summed E-state index contributed by atoms with van der Waals surface area (Å²) in [4.78, 5) is 0. The molecular weight excluding hydrogens is 325 g/mol. The quantitative estimate of drug-likeness (QED) is 0.669. The highest BCUT2D eigenvalue weighted by Crippen LogP contribution is 2.28. The Morgan fingerprint density at radius 2 is 1.89 bits per heavy atom. The molecule has 0 saturated heterocycles. The lowest BCUT2D eigenvalue weighted by Crippen LogP contribution is -2.13. The van der Waals surface area contributed by atoms with E-state index < -0.39 is 12.6 Å². The minimum atomic E-state index is -4.20. The van der Waals surface area contributed by atoms with E-state index in [9.17, 15) is 13.2 Å². The highest BCUT2D eigenvalue weighted by atomic mass is 79.9. The predicted molar refractivity (Wildman–Crippen MR) is 71.0 cm³/mol. The zero-order chi connectivity index (χ0) is 14.3. The lowest BCUT2D eigenvalue weighted by molar-refractivity contribution is -0.139. The maximum atomic E-state index is 12.1. The van der Waals surface area contributed by atoms with Crippen molar-refractivity contribution in [1.29, 1.82) is 0 Å². The molecule has 0 bridgehead atoms. The van der Waals surface area contributed by atoms with E-state index in [0.29, 0.717) is 23.4 Å². The van der Waals surface area contributed by atoms with Crippen LogP contribution in [0.15, 0.2) is 18.2 Å². The van der Waals surface area contributed by atoms with Gasteiger partial charge in [-0.2, -0.15) is 13.2 Å². The summed E-state index contributed by atoms with van der Waals surface area (Å²) in [6, 6.07) is 5.19. The standard InChI is InChI=1S/C13H16BrF3O2/c1-2-6-18-11-4-3-10(9-14)12(8-11)19-7-5-13(15,16)17/h3-4,8H,2,5-7,9H2,1H3. The molecule has 0 N–H and O–H groups in total. The molecule has 1 aromatic carbocycles. The van der Waals surface area contributed by atoms with Crippen molar-refractivity contribution >= 4 is 15.9 Å². The fraction of sp³-hybridized carbons (Fsp3) is 0.538. The van der Waals surface area contributed by atoms with Gasteiger partial charge in [-0.1, -0.05) is 28.9 Å². The van der Waals surface area contributed by atoms with Gasteiger partial charge in [0, 0.05) is 17.0 Å². The van der Waals surface area contributed by atoms with Crippen LogP contribution in [0.3, 0.4) is 0 Å². The third-order valence-corrected chi connectivity index (χ3v) is 2.90. The van der Waals surface area contributed by atoms with E-state index in [-0.39, 0.29) is 6.61 Å². The van der Waals surface area contributed by atoms with Crippen LogP contribution in [-0.2, 0) is 5.33 Å². The Morgan fingerprint density at radius 3 is 2.47 bits per heavy atom. The summed E-state index contributed by atoms with van der Waals surface area (Å²) in [5.41, 5.74) is 0.797. The number of benzene rings is 1. The van der Waals surface area contributed by atoms with E-state index in [1.807, 2.05) is 6.92 Å². The summed E-state index contributed by atoms with van der Waals surface area (Å²) in [5, 5.41) is 0.516. The molecule has 0 fully saturated rings. The van der Waals surface area contributed by atoms with Gasteiger partial charge in [-0.3, -0.25) is 0 Å². The molecule has 0 aliphatic heterocycles. The molecule has 0 heterocycles. The van der Waals surface area contributed by atoms with Crippen LogP contribution in [-0.4, -0.2) is 19.4 Å². The minimum absolute atomic E-state index is 0.388. The lowest BCUT2D eigenvalue weighted by atomic mass is 10.2. The van der Waals surface area contributed by atoms with Gasteiger partial charge in [0.25, 0.3) is 0 Å². The Morgan fingerprint density at radius 1 is 1.16 bits per heavy atom. The zero-order valence-corrected chi connectivity index (χ0v) is 12.2. The number of rotatable bonds is 7. The van der Waals surface area contributed by atoms with Gasteiger partial charge in [0.1, 0.15) is 11.5 Å². The molecule has 19 heavy (non-hydrogen) atoms. The molecule has 0 spiro atoms. The van der Waals surface area contributed by atoms with Crippen LogP contribution >= 0.6 is 15.9 Å². The van der Waals surface area contributed by atoms with E-state index in [2.05, 4.69) is 15.9 Å². The third kappa shape index (κ3) is 6.18. The van der Waals surface area contributed by atoms with E-state index >= 15 is 0 Å². The van der Waals surface area contributed by atoms with Crippen LogP contribution in [0.4, 0.5) is 13.2 Å². The van der Waals surface area contributed by atoms with Crippen LogP contribution in [0.2, 0.25) is 0 Å². The monoisotopic (exact) mass is 340 g/mol. The van der Waals surface area contributed by atoms with Gasteiger partial charge in [-0.15, -0.1) is 0 Å². The third-order valence-electron chi connectivity index (χ3n) is 2.30. The summed E-state index contributed by atoms with van der Waals surface area (Å²) in [6.45, 7) is 2.16. The lowest BCUT2D eigenvalue weighted by Gasteiger charge is -2.13. The van der Waals surface area contributed by atoms with Gasteiger partial charge < -0.3 is 9.47 Å². The molecular formula is C13H16BrF3O2. The average molecular weight is 341 g/mol. The summed E-state index contributed by atoms with van der Waals surface area (Å²) in [6.07, 6.45) is -4.30. The number of hydrogen-bond acceptors (Lipinski definition) is 2. The second kappa shape index (κ2) is 7.62. The molecule has 0 amide bonds. The molecule has 0 radical (unpaired) electrons. The first kappa shape index (κ1) is 16.1. The Balaban J connectivity index is 2.67. The molecule has 1 aromatic rings. The fourth-order valence-corrected chi connectivity index (χ4v) is 1.83. The molecule has 0 aliphatic carbocycles. The van der Waals surface area contributed by atoms with Crippen LogP contribution < -0.4 is 9.47 Å². The van der Waals surface area contributed by atoms with Crippen LogP contribution in [0, 0.1) is 0 Å². The molecule has 0 atom stereocenters. The number of hydrogen-bond donors (Lipinski definition) is 0. The normalized spacial score (nSPS) is 11.4. The Labute approximate surface area is 119 Å². The SMILES string of the molecule is CCCOc1ccc(CBr)c(OCCC(F)(F)F)c1. The summed E-state index contributed by atoms with van der Waals surface area (Å²) < 4.78 is 46.8. The van der Waals surface area contributed by atoms with E-state index in [0.717, 1.165) is 12.0 Å². The molecule has 108 valence electrons. The molecule has 0 saturated carbocycles. The van der Waals surface area contributed by atoms with E-state index in [4.69, 9.17) is 9.47 Å². The van der Waals surface area contributed by atoms with Crippen molar-refractivity contribution in [2.45, 2.75) is 31.3 Å². The number of halogens is 4. The van der Waals surface area contributed by atoms with Crippen LogP contribution in [0.25, 0.3) is 0 Å². The summed E-state index contributed by atoms with van der Waals surface area (Å²) in [7, 11) is 0. The second-order valence-electron chi connectivity index (χ2n) is 3.97. The maximum Gasteiger partial charge on any atom is 0.392 e. The number of alkyl halides is 4. The average Bonchev–Trinajstić information content (AvgIpc) is 2.35. The molecule has 6 heteroatoms. The molecule has 2 nitrogen and oxygen atoms in total. The Kier molecular flexibility index (Phi) is 6.48. The van der Waals surface area contributed by atoms with Gasteiger partial charge in [-0.25, -0.2) is 0 Å². The molecule has 1 rings (SSSR count). The van der Waals surface area contributed by atoms with Crippen molar-refractivity contribution in [2.24, 2.45) is 0 Å². The van der Waals surface area contributed by atoms with Gasteiger partial charge in [0.2, 0.25) is 0 Å². The first-order valence-corrected chi connectivity index (χ1v) is 7.09. The Hall–Kier alpha value is -0.910. The highest BCUT2D eigenvalue weighted by Gasteiger charge is 2.27. The van der Waals surface area contributed by atoms with E-state index in [1.165, 1.54) is 0 Å². The summed E-state index contributed by atoms with van der Waals surface area (Å²) >= 11 is 3.27. The predicted octanol–water partition coefficient (Wildman–Crippen LogP) is 4.70. The smallest absolute Gasteiger partial charge is 0.392 e. The second-order valence-corrected chi connectivity index (χ2v) is 4.53. The fourth-order valence-electron chi connectivity index (χ4n) is 1.37. The van der Waals surface area contributed by atoms with Gasteiger partial charge in [0.05, 0.1) is 19.6 Å². The molecule has 0 aromatic heterocycles.